The van der Waals surface area contributed by atoms with Crippen molar-refractivity contribution in [2.24, 2.45) is 5.41 Å². The number of para-hydroxylation sites is 2. The fourth-order valence-corrected chi connectivity index (χ4v) is 2.49. The van der Waals surface area contributed by atoms with Crippen molar-refractivity contribution in [2.45, 2.75) is 32.8 Å². The van der Waals surface area contributed by atoms with Crippen LogP contribution in [0.2, 0.25) is 0 Å². The van der Waals surface area contributed by atoms with Gasteiger partial charge in [0.25, 0.3) is 0 Å². The van der Waals surface area contributed by atoms with E-state index >= 15 is 0 Å². The Bertz CT molecular complexity index is 424. The van der Waals surface area contributed by atoms with Crippen LogP contribution in [0, 0.1) is 5.41 Å². The predicted octanol–water partition coefficient (Wildman–Crippen LogP) is 2.13. The van der Waals surface area contributed by atoms with E-state index in [1.54, 1.807) is 6.07 Å². The van der Waals surface area contributed by atoms with Crippen molar-refractivity contribution >= 4 is 5.69 Å². The van der Waals surface area contributed by atoms with Crippen molar-refractivity contribution in [3.63, 3.8) is 0 Å². The molecule has 0 bridgehead atoms. The van der Waals surface area contributed by atoms with Crippen LogP contribution in [0.4, 0.5) is 5.69 Å². The van der Waals surface area contributed by atoms with Crippen molar-refractivity contribution in [3.05, 3.63) is 24.3 Å². The van der Waals surface area contributed by atoms with Gasteiger partial charge >= 0.3 is 0 Å². The standard InChI is InChI=1S/C16H26N2O2/c1-16(2)7-9-18(10-8-16)11-13(19)12-20-15-6-4-3-5-14(15)17/h3-6,13,19H,7-12,17H2,1-2H3. The Morgan fingerprint density at radius 2 is 1.95 bits per heavy atom. The summed E-state index contributed by atoms with van der Waals surface area (Å²) >= 11 is 0. The second kappa shape index (κ2) is 6.46. The number of hydrogen-bond donors (Lipinski definition) is 2. The molecule has 1 unspecified atom stereocenters. The van der Waals surface area contributed by atoms with Gasteiger partial charge in [-0.15, -0.1) is 0 Å². The molecule has 0 aromatic heterocycles. The van der Waals surface area contributed by atoms with Crippen LogP contribution in [-0.2, 0) is 0 Å². The number of aliphatic hydroxyl groups is 1. The quantitative estimate of drug-likeness (QED) is 0.810. The van der Waals surface area contributed by atoms with Crippen molar-refractivity contribution in [2.75, 3.05) is 32.0 Å². The first-order valence-electron chi connectivity index (χ1n) is 7.34. The zero-order valence-corrected chi connectivity index (χ0v) is 12.5. The van der Waals surface area contributed by atoms with E-state index in [4.69, 9.17) is 10.5 Å². The number of piperidine rings is 1. The Kier molecular flexibility index (Phi) is 4.89. The molecular weight excluding hydrogens is 252 g/mol. The molecule has 0 saturated carbocycles. The maximum atomic E-state index is 10.1. The molecule has 4 heteroatoms. The first kappa shape index (κ1) is 15.1. The third-order valence-corrected chi connectivity index (χ3v) is 4.03. The highest BCUT2D eigenvalue weighted by Gasteiger charge is 2.26. The molecule has 1 saturated heterocycles. The van der Waals surface area contributed by atoms with Crippen LogP contribution in [0.5, 0.6) is 5.75 Å². The maximum absolute atomic E-state index is 10.1. The van der Waals surface area contributed by atoms with Crippen LogP contribution in [-0.4, -0.2) is 42.4 Å². The summed E-state index contributed by atoms with van der Waals surface area (Å²) in [5.74, 6) is 0.645. The molecule has 0 spiro atoms. The van der Waals surface area contributed by atoms with Gasteiger partial charge in [0, 0.05) is 6.54 Å². The molecule has 1 aromatic carbocycles. The second-order valence-electron chi connectivity index (χ2n) is 6.47. The summed E-state index contributed by atoms with van der Waals surface area (Å²) in [5, 5.41) is 10.1. The van der Waals surface area contributed by atoms with Crippen molar-refractivity contribution in [1.82, 2.24) is 4.90 Å². The summed E-state index contributed by atoms with van der Waals surface area (Å²) in [6.45, 7) is 7.68. The van der Waals surface area contributed by atoms with Gasteiger partial charge in [-0.3, -0.25) is 0 Å². The first-order chi connectivity index (χ1) is 9.46. The van der Waals surface area contributed by atoms with Gasteiger partial charge in [0.05, 0.1) is 5.69 Å². The SMILES string of the molecule is CC1(C)CCN(CC(O)COc2ccccc2N)CC1. The molecule has 0 amide bonds. The van der Waals surface area contributed by atoms with Gasteiger partial charge < -0.3 is 20.5 Å². The van der Waals surface area contributed by atoms with Crippen LogP contribution in [0.25, 0.3) is 0 Å². The highest BCUT2D eigenvalue weighted by molar-refractivity contribution is 5.51. The molecule has 4 nitrogen and oxygen atoms in total. The average Bonchev–Trinajstić information content (AvgIpc) is 2.40. The van der Waals surface area contributed by atoms with Gasteiger partial charge in [-0.2, -0.15) is 0 Å². The number of nitrogens with two attached hydrogens (primary N) is 1. The Labute approximate surface area is 121 Å². The van der Waals surface area contributed by atoms with Crippen LogP contribution in [0.1, 0.15) is 26.7 Å². The lowest BCUT2D eigenvalue weighted by atomic mass is 9.82. The number of aliphatic hydroxyl groups excluding tert-OH is 1. The van der Waals surface area contributed by atoms with E-state index in [0.29, 0.717) is 23.4 Å². The maximum Gasteiger partial charge on any atom is 0.142 e. The number of benzene rings is 1. The van der Waals surface area contributed by atoms with Gasteiger partial charge in [-0.25, -0.2) is 0 Å². The number of hydrogen-bond acceptors (Lipinski definition) is 4. The first-order valence-corrected chi connectivity index (χ1v) is 7.34. The van der Waals surface area contributed by atoms with Gasteiger partial charge in [-0.05, 0) is 43.5 Å². The minimum Gasteiger partial charge on any atom is -0.489 e. The van der Waals surface area contributed by atoms with Crippen LogP contribution in [0.3, 0.4) is 0 Å². The largest absolute Gasteiger partial charge is 0.489 e. The van der Waals surface area contributed by atoms with Gasteiger partial charge in [-0.1, -0.05) is 26.0 Å². The van der Waals surface area contributed by atoms with Crippen molar-refractivity contribution < 1.29 is 9.84 Å². The number of likely N-dealkylation sites (tertiary alicyclic amines) is 1. The zero-order chi connectivity index (χ0) is 14.6. The Balaban J connectivity index is 1.73. The third-order valence-electron chi connectivity index (χ3n) is 4.03. The topological polar surface area (TPSA) is 58.7 Å². The molecule has 0 aliphatic carbocycles. The molecule has 0 radical (unpaired) electrons. The molecule has 112 valence electrons. The van der Waals surface area contributed by atoms with Crippen molar-refractivity contribution in [3.8, 4) is 5.75 Å². The zero-order valence-electron chi connectivity index (χ0n) is 12.5. The summed E-state index contributed by atoms with van der Waals surface area (Å²) in [5.41, 5.74) is 6.86. The van der Waals surface area contributed by atoms with E-state index in [2.05, 4.69) is 18.7 Å². The lowest BCUT2D eigenvalue weighted by molar-refractivity contribution is 0.0444. The summed E-state index contributed by atoms with van der Waals surface area (Å²) < 4.78 is 5.58. The van der Waals surface area contributed by atoms with E-state index in [9.17, 15) is 5.11 Å². The van der Waals surface area contributed by atoms with Crippen molar-refractivity contribution in [1.29, 1.82) is 0 Å². The molecule has 20 heavy (non-hydrogen) atoms. The Hall–Kier alpha value is -1.26. The molecule has 1 heterocycles. The monoisotopic (exact) mass is 278 g/mol. The second-order valence-corrected chi connectivity index (χ2v) is 6.47. The fourth-order valence-electron chi connectivity index (χ4n) is 2.49. The van der Waals surface area contributed by atoms with Gasteiger partial charge in [0.1, 0.15) is 18.5 Å². The molecular formula is C16H26N2O2. The highest BCUT2D eigenvalue weighted by atomic mass is 16.5. The lowest BCUT2D eigenvalue weighted by Crippen LogP contribution is -2.42. The van der Waals surface area contributed by atoms with E-state index in [-0.39, 0.29) is 6.61 Å². The van der Waals surface area contributed by atoms with Gasteiger partial charge in [0.2, 0.25) is 0 Å². The molecule has 1 aliphatic heterocycles. The minimum absolute atomic E-state index is 0.286. The average molecular weight is 278 g/mol. The predicted molar refractivity (Wildman–Crippen MR) is 81.8 cm³/mol. The Morgan fingerprint density at radius 1 is 1.30 bits per heavy atom. The molecule has 1 atom stereocenters. The normalized spacial score (nSPS) is 20.6. The number of β-amino-alcohol motifs (C(OH)–C–C–N with tert-alkyl or cyclic N) is 1. The number of nitrogens with zero attached hydrogens (tertiary/aromatic N) is 1. The lowest BCUT2D eigenvalue weighted by Gasteiger charge is -2.37. The van der Waals surface area contributed by atoms with Crippen LogP contribution >= 0.6 is 0 Å². The Morgan fingerprint density at radius 3 is 2.60 bits per heavy atom. The fraction of sp³-hybridized carbons (Fsp3) is 0.625. The van der Waals surface area contributed by atoms with E-state index < -0.39 is 6.10 Å². The number of anilines is 1. The van der Waals surface area contributed by atoms with E-state index in [1.165, 1.54) is 12.8 Å². The van der Waals surface area contributed by atoms with Crippen LogP contribution < -0.4 is 10.5 Å². The number of nitrogen functional groups attached to an aromatic ring is 1. The molecule has 1 aromatic rings. The van der Waals surface area contributed by atoms with Crippen LogP contribution in [0.15, 0.2) is 24.3 Å². The molecule has 1 fully saturated rings. The summed E-state index contributed by atoms with van der Waals surface area (Å²) in [6, 6.07) is 7.37. The summed E-state index contributed by atoms with van der Waals surface area (Å²) in [7, 11) is 0. The van der Waals surface area contributed by atoms with Gasteiger partial charge in [0.15, 0.2) is 0 Å². The molecule has 3 N–H and O–H groups in total. The summed E-state index contributed by atoms with van der Waals surface area (Å²) in [6.07, 6.45) is 1.90. The van der Waals surface area contributed by atoms with E-state index in [1.807, 2.05) is 18.2 Å². The summed E-state index contributed by atoms with van der Waals surface area (Å²) in [4.78, 5) is 2.31. The number of rotatable bonds is 5. The highest BCUT2D eigenvalue weighted by Crippen LogP contribution is 2.29. The smallest absolute Gasteiger partial charge is 0.142 e. The minimum atomic E-state index is -0.476. The number of ether oxygens (including phenoxy) is 1. The van der Waals surface area contributed by atoms with E-state index in [0.717, 1.165) is 13.1 Å². The third kappa shape index (κ3) is 4.39. The molecule has 1 aliphatic rings. The molecule has 2 rings (SSSR count).